The highest BCUT2D eigenvalue weighted by Crippen LogP contribution is 2.36. The van der Waals surface area contributed by atoms with Crippen molar-refractivity contribution >= 4 is 24.3 Å². The van der Waals surface area contributed by atoms with E-state index in [0.29, 0.717) is 11.3 Å². The lowest BCUT2D eigenvalue weighted by Gasteiger charge is -2.32. The van der Waals surface area contributed by atoms with Crippen LogP contribution in [-0.4, -0.2) is 34.2 Å². The minimum absolute atomic E-state index is 0.182. The summed E-state index contributed by atoms with van der Waals surface area (Å²) < 4.78 is 11.9. The third kappa shape index (κ3) is 3.50. The predicted molar refractivity (Wildman–Crippen MR) is 95.0 cm³/mol. The zero-order chi connectivity index (χ0) is 18.2. The Balaban J connectivity index is 1.79. The van der Waals surface area contributed by atoms with Gasteiger partial charge in [0.1, 0.15) is 5.69 Å². The van der Waals surface area contributed by atoms with Crippen molar-refractivity contribution in [3.63, 3.8) is 0 Å². The number of carbonyl (C=O) groups is 1. The fourth-order valence-corrected chi connectivity index (χ4v) is 2.40. The predicted octanol–water partition coefficient (Wildman–Crippen LogP) is 1.32. The Morgan fingerprint density at radius 2 is 1.84 bits per heavy atom. The highest BCUT2D eigenvalue weighted by Gasteiger charge is 2.52. The Labute approximate surface area is 145 Å². The number of H-pyrrole nitrogens is 1. The summed E-state index contributed by atoms with van der Waals surface area (Å²) in [5.74, 6) is -0.413. The largest absolute Gasteiger partial charge is 0.514 e. The van der Waals surface area contributed by atoms with Gasteiger partial charge in [0.25, 0.3) is 5.91 Å². The van der Waals surface area contributed by atoms with Crippen LogP contribution in [0.5, 0.6) is 0 Å². The van der Waals surface area contributed by atoms with Gasteiger partial charge in [-0.1, -0.05) is 6.07 Å². The number of hydrogen-bond donors (Lipinski definition) is 2. The molecule has 3 rings (SSSR count). The lowest BCUT2D eigenvalue weighted by Crippen LogP contribution is -2.41. The summed E-state index contributed by atoms with van der Waals surface area (Å²) in [6.45, 7) is 7.85. The molecule has 1 fully saturated rings. The Morgan fingerprint density at radius 1 is 1.16 bits per heavy atom. The van der Waals surface area contributed by atoms with Crippen LogP contribution in [0.4, 0.5) is 5.69 Å². The van der Waals surface area contributed by atoms with Gasteiger partial charge in [0.15, 0.2) is 0 Å². The number of rotatable bonds is 3. The quantitative estimate of drug-likeness (QED) is 0.822. The van der Waals surface area contributed by atoms with E-state index in [1.165, 1.54) is 18.2 Å². The van der Waals surface area contributed by atoms with E-state index in [0.717, 1.165) is 0 Å². The fraction of sp³-hybridized carbons (Fsp3) is 0.353. The Morgan fingerprint density at radius 3 is 2.48 bits per heavy atom. The first kappa shape index (κ1) is 17.4. The number of hydrogen-bond acceptors (Lipinski definition) is 5. The second-order valence-corrected chi connectivity index (χ2v) is 6.94. The van der Waals surface area contributed by atoms with Crippen molar-refractivity contribution in [1.82, 2.24) is 9.97 Å². The smallest absolute Gasteiger partial charge is 0.398 e. The molecule has 0 aromatic carbocycles. The molecule has 1 saturated heterocycles. The summed E-state index contributed by atoms with van der Waals surface area (Å²) in [7, 11) is -0.613. The number of carbonyl (C=O) groups excluding carboxylic acids is 1. The first-order valence-corrected chi connectivity index (χ1v) is 8.00. The maximum Gasteiger partial charge on any atom is 0.514 e. The van der Waals surface area contributed by atoms with Crippen LogP contribution in [0.1, 0.15) is 38.2 Å². The van der Waals surface area contributed by atoms with E-state index < -0.39 is 24.2 Å². The molecule has 1 amide bonds. The fourth-order valence-electron chi connectivity index (χ4n) is 2.40. The molecule has 1 aliphatic heterocycles. The molecule has 0 saturated carbocycles. The van der Waals surface area contributed by atoms with Crippen molar-refractivity contribution in [3.8, 4) is 0 Å². The monoisotopic (exact) mass is 341 g/mol. The molecule has 1 aliphatic rings. The highest BCUT2D eigenvalue weighted by atomic mass is 16.7. The van der Waals surface area contributed by atoms with Gasteiger partial charge in [0.05, 0.1) is 16.8 Å². The minimum Gasteiger partial charge on any atom is -0.398 e. The number of nitrogens with one attached hydrogen (secondary N) is 2. The first-order valence-electron chi connectivity index (χ1n) is 8.00. The van der Waals surface area contributed by atoms with Gasteiger partial charge in [-0.2, -0.15) is 0 Å². The van der Waals surface area contributed by atoms with Crippen molar-refractivity contribution in [2.45, 2.75) is 38.9 Å². The van der Waals surface area contributed by atoms with Crippen molar-refractivity contribution in [1.29, 1.82) is 0 Å². The van der Waals surface area contributed by atoms with Gasteiger partial charge in [-0.05, 0) is 45.9 Å². The molecule has 25 heavy (non-hydrogen) atoms. The van der Waals surface area contributed by atoms with Crippen LogP contribution in [0.3, 0.4) is 0 Å². The zero-order valence-electron chi connectivity index (χ0n) is 14.6. The van der Waals surface area contributed by atoms with Crippen LogP contribution >= 0.6 is 0 Å². The SMILES string of the molecule is CC1(C)OB(c2cc(NC(=O)c3cccc(=O)[nH]3)ccn2)OC1(C)C. The average molecular weight is 341 g/mol. The standard InChI is InChI=1S/C17H20BN3O4/c1-16(2)17(3,4)25-18(24-16)13-10-11(8-9-19-13)20-15(23)12-6-5-7-14(22)21-12/h5-10H,1-4H3,(H,21,22)(H,19,20,23). The molecule has 7 nitrogen and oxygen atoms in total. The minimum atomic E-state index is -0.613. The molecule has 130 valence electrons. The number of pyridine rings is 2. The third-order valence-electron chi connectivity index (χ3n) is 4.55. The summed E-state index contributed by atoms with van der Waals surface area (Å²) in [6.07, 6.45) is 1.57. The first-order chi connectivity index (χ1) is 11.7. The molecule has 2 N–H and O–H groups in total. The maximum absolute atomic E-state index is 12.2. The van der Waals surface area contributed by atoms with Crippen LogP contribution in [0, 0.1) is 0 Å². The van der Waals surface area contributed by atoms with Crippen molar-refractivity contribution in [3.05, 3.63) is 52.6 Å². The summed E-state index contributed by atoms with van der Waals surface area (Å²) in [4.78, 5) is 30.3. The molecule has 2 aromatic rings. The van der Waals surface area contributed by atoms with Gasteiger partial charge >= 0.3 is 7.12 Å². The van der Waals surface area contributed by atoms with Gasteiger partial charge in [-0.15, -0.1) is 0 Å². The topological polar surface area (TPSA) is 93.3 Å². The molecule has 0 atom stereocenters. The molecular formula is C17H20BN3O4. The second-order valence-electron chi connectivity index (χ2n) is 6.94. The second kappa shape index (κ2) is 6.13. The van der Waals surface area contributed by atoms with E-state index in [4.69, 9.17) is 9.31 Å². The van der Waals surface area contributed by atoms with Crippen molar-refractivity contribution < 1.29 is 14.1 Å². The highest BCUT2D eigenvalue weighted by molar-refractivity contribution is 6.61. The van der Waals surface area contributed by atoms with Crippen LogP contribution < -0.4 is 16.5 Å². The molecular weight excluding hydrogens is 321 g/mol. The molecule has 0 unspecified atom stereocenters. The van der Waals surface area contributed by atoms with Gasteiger partial charge in [-0.25, -0.2) is 0 Å². The normalized spacial score (nSPS) is 18.2. The van der Waals surface area contributed by atoms with Crippen molar-refractivity contribution in [2.24, 2.45) is 0 Å². The number of nitrogens with zero attached hydrogens (tertiary/aromatic N) is 1. The Hall–Kier alpha value is -2.45. The van der Waals surface area contributed by atoms with E-state index in [2.05, 4.69) is 15.3 Å². The summed E-state index contributed by atoms with van der Waals surface area (Å²) in [6, 6.07) is 7.76. The lowest BCUT2D eigenvalue weighted by molar-refractivity contribution is 0.00578. The van der Waals surface area contributed by atoms with Gasteiger partial charge in [-0.3, -0.25) is 14.6 Å². The van der Waals surface area contributed by atoms with E-state index in [-0.39, 0.29) is 11.3 Å². The van der Waals surface area contributed by atoms with Crippen LogP contribution in [-0.2, 0) is 9.31 Å². The number of aromatic amines is 1. The van der Waals surface area contributed by atoms with E-state index in [1.54, 1.807) is 18.3 Å². The Bertz CT molecular complexity index is 847. The summed E-state index contributed by atoms with van der Waals surface area (Å²) in [5, 5.41) is 2.73. The molecule has 0 spiro atoms. The number of aromatic nitrogens is 2. The lowest BCUT2D eigenvalue weighted by atomic mass is 9.84. The molecule has 0 aliphatic carbocycles. The maximum atomic E-state index is 12.2. The molecule has 0 bridgehead atoms. The molecule has 3 heterocycles. The van der Waals surface area contributed by atoms with E-state index in [1.807, 2.05) is 27.7 Å². The van der Waals surface area contributed by atoms with Gasteiger partial charge in [0.2, 0.25) is 5.56 Å². The number of amides is 1. The zero-order valence-corrected chi connectivity index (χ0v) is 14.6. The Kier molecular flexibility index (Phi) is 4.26. The van der Waals surface area contributed by atoms with E-state index in [9.17, 15) is 9.59 Å². The third-order valence-corrected chi connectivity index (χ3v) is 4.55. The molecule has 2 aromatic heterocycles. The van der Waals surface area contributed by atoms with Gasteiger partial charge in [0, 0.05) is 18.0 Å². The summed E-state index contributed by atoms with van der Waals surface area (Å²) in [5.41, 5.74) is 0.0127. The van der Waals surface area contributed by atoms with Crippen molar-refractivity contribution in [2.75, 3.05) is 5.32 Å². The van der Waals surface area contributed by atoms with Crippen LogP contribution in [0.15, 0.2) is 41.3 Å². The average Bonchev–Trinajstić information content (AvgIpc) is 2.76. The van der Waals surface area contributed by atoms with Crippen LogP contribution in [0.25, 0.3) is 0 Å². The molecule has 0 radical (unpaired) electrons. The number of anilines is 1. The summed E-state index contributed by atoms with van der Waals surface area (Å²) >= 11 is 0. The molecule has 8 heteroatoms. The van der Waals surface area contributed by atoms with Gasteiger partial charge < -0.3 is 19.6 Å². The van der Waals surface area contributed by atoms with E-state index >= 15 is 0 Å². The van der Waals surface area contributed by atoms with Crippen LogP contribution in [0.2, 0.25) is 0 Å².